The van der Waals surface area contributed by atoms with Crippen LogP contribution < -0.4 is 10.5 Å². The molecule has 0 bridgehead atoms. The van der Waals surface area contributed by atoms with Crippen molar-refractivity contribution in [2.24, 2.45) is 5.92 Å². The maximum Gasteiger partial charge on any atom is 0.254 e. The smallest absolute Gasteiger partial charge is 0.254 e. The molecule has 0 radical (unpaired) electrons. The zero-order valence-corrected chi connectivity index (χ0v) is 17.5. The molecule has 0 aliphatic carbocycles. The SMILES string of the molecule is CCN(C(=O)C1CSc2nc(C(C)(C)C)cc(=O)n2C1)c1ccccc1C. The Morgan fingerprint density at radius 2 is 2.04 bits per heavy atom. The van der Waals surface area contributed by atoms with Gasteiger partial charge >= 0.3 is 0 Å². The number of carbonyl (C=O) groups is 1. The van der Waals surface area contributed by atoms with Crippen LogP contribution in [0.4, 0.5) is 5.69 Å². The third kappa shape index (κ3) is 3.95. The monoisotopic (exact) mass is 385 g/mol. The first-order valence-electron chi connectivity index (χ1n) is 9.34. The van der Waals surface area contributed by atoms with Crippen molar-refractivity contribution in [3.63, 3.8) is 0 Å². The maximum absolute atomic E-state index is 13.2. The fraction of sp³-hybridized carbons (Fsp3) is 0.476. The van der Waals surface area contributed by atoms with Gasteiger partial charge in [0.15, 0.2) is 5.16 Å². The van der Waals surface area contributed by atoms with E-state index in [1.807, 2.05) is 63.8 Å². The van der Waals surface area contributed by atoms with E-state index in [0.29, 0.717) is 18.8 Å². The second-order valence-electron chi connectivity index (χ2n) is 8.00. The van der Waals surface area contributed by atoms with Gasteiger partial charge in [-0.2, -0.15) is 0 Å². The summed E-state index contributed by atoms with van der Waals surface area (Å²) in [5.74, 6) is 0.472. The second-order valence-corrected chi connectivity index (χ2v) is 8.99. The summed E-state index contributed by atoms with van der Waals surface area (Å²) < 4.78 is 1.65. The lowest BCUT2D eigenvalue weighted by Gasteiger charge is -2.31. The molecule has 1 aliphatic rings. The Morgan fingerprint density at radius 1 is 1.33 bits per heavy atom. The maximum atomic E-state index is 13.2. The van der Waals surface area contributed by atoms with E-state index in [1.165, 1.54) is 11.8 Å². The predicted molar refractivity (Wildman–Crippen MR) is 111 cm³/mol. The van der Waals surface area contributed by atoms with Crippen LogP contribution in [0.2, 0.25) is 0 Å². The predicted octanol–water partition coefficient (Wildman–Crippen LogP) is 3.62. The first-order chi connectivity index (χ1) is 12.7. The van der Waals surface area contributed by atoms with Crippen molar-refractivity contribution >= 4 is 23.4 Å². The number of aryl methyl sites for hydroxylation is 1. The molecule has 1 unspecified atom stereocenters. The van der Waals surface area contributed by atoms with E-state index in [1.54, 1.807) is 10.6 Å². The molecule has 1 atom stereocenters. The van der Waals surface area contributed by atoms with Crippen LogP contribution in [0.1, 0.15) is 39.0 Å². The molecule has 6 heteroatoms. The highest BCUT2D eigenvalue weighted by Gasteiger charge is 2.31. The largest absolute Gasteiger partial charge is 0.312 e. The van der Waals surface area contributed by atoms with Crippen LogP contribution in [0.5, 0.6) is 0 Å². The summed E-state index contributed by atoms with van der Waals surface area (Å²) in [5.41, 5.74) is 2.56. The van der Waals surface area contributed by atoms with Crippen molar-refractivity contribution in [2.75, 3.05) is 17.2 Å². The number of carbonyl (C=O) groups excluding carboxylic acids is 1. The van der Waals surface area contributed by atoms with Crippen molar-refractivity contribution < 1.29 is 4.79 Å². The molecule has 0 spiro atoms. The van der Waals surface area contributed by atoms with Crippen LogP contribution in [0, 0.1) is 12.8 Å². The van der Waals surface area contributed by atoms with Gasteiger partial charge in [-0.3, -0.25) is 14.2 Å². The van der Waals surface area contributed by atoms with Gasteiger partial charge in [0.25, 0.3) is 5.56 Å². The number of thioether (sulfide) groups is 1. The van der Waals surface area contributed by atoms with Gasteiger partial charge in [0.1, 0.15) is 0 Å². The fourth-order valence-corrected chi connectivity index (χ4v) is 4.36. The van der Waals surface area contributed by atoms with E-state index in [9.17, 15) is 9.59 Å². The van der Waals surface area contributed by atoms with Gasteiger partial charge in [-0.1, -0.05) is 50.7 Å². The van der Waals surface area contributed by atoms with E-state index in [-0.39, 0.29) is 22.8 Å². The lowest BCUT2D eigenvalue weighted by atomic mass is 9.92. The topological polar surface area (TPSA) is 55.2 Å². The van der Waals surface area contributed by atoms with Crippen LogP contribution >= 0.6 is 11.8 Å². The molecule has 27 heavy (non-hydrogen) atoms. The number of anilines is 1. The summed E-state index contributed by atoms with van der Waals surface area (Å²) in [6.45, 7) is 11.1. The standard InChI is InChI=1S/C21H27N3O2S/c1-6-23(16-10-8-7-9-14(16)2)19(26)15-12-24-18(25)11-17(21(3,4)5)22-20(24)27-13-15/h7-11,15H,6,12-13H2,1-5H3. The average Bonchev–Trinajstić information content (AvgIpc) is 2.62. The van der Waals surface area contributed by atoms with Crippen LogP contribution in [-0.4, -0.2) is 27.8 Å². The third-order valence-electron chi connectivity index (χ3n) is 4.90. The average molecular weight is 386 g/mol. The number of hydrogen-bond donors (Lipinski definition) is 0. The van der Waals surface area contributed by atoms with Crippen LogP contribution in [0.3, 0.4) is 0 Å². The van der Waals surface area contributed by atoms with Crippen molar-refractivity contribution in [2.45, 2.75) is 51.7 Å². The van der Waals surface area contributed by atoms with Gasteiger partial charge in [0.2, 0.25) is 5.91 Å². The highest BCUT2D eigenvalue weighted by atomic mass is 32.2. The summed E-state index contributed by atoms with van der Waals surface area (Å²) >= 11 is 1.50. The number of aromatic nitrogens is 2. The van der Waals surface area contributed by atoms with Crippen molar-refractivity contribution in [1.29, 1.82) is 0 Å². The Balaban J connectivity index is 1.88. The molecule has 0 fully saturated rings. The molecule has 2 heterocycles. The van der Waals surface area contributed by atoms with Crippen LogP contribution in [0.25, 0.3) is 0 Å². The lowest BCUT2D eigenvalue weighted by molar-refractivity contribution is -0.122. The van der Waals surface area contributed by atoms with Crippen LogP contribution in [0.15, 0.2) is 40.3 Å². The van der Waals surface area contributed by atoms with Crippen molar-refractivity contribution in [1.82, 2.24) is 9.55 Å². The minimum absolute atomic E-state index is 0.0664. The van der Waals surface area contributed by atoms with Crippen molar-refractivity contribution in [3.05, 3.63) is 51.9 Å². The van der Waals surface area contributed by atoms with E-state index in [2.05, 4.69) is 4.98 Å². The molecule has 0 saturated carbocycles. The minimum Gasteiger partial charge on any atom is -0.312 e. The Bertz CT molecular complexity index is 914. The molecule has 0 saturated heterocycles. The summed E-state index contributed by atoms with van der Waals surface area (Å²) in [7, 11) is 0. The molecule has 3 rings (SSSR count). The fourth-order valence-electron chi connectivity index (χ4n) is 3.28. The normalized spacial score (nSPS) is 16.7. The second kappa shape index (κ2) is 7.50. The summed E-state index contributed by atoms with van der Waals surface area (Å²) in [6.07, 6.45) is 0. The molecule has 0 N–H and O–H groups in total. The molecule has 5 nitrogen and oxygen atoms in total. The summed E-state index contributed by atoms with van der Waals surface area (Å²) in [6, 6.07) is 9.52. The van der Waals surface area contributed by atoms with Gasteiger partial charge in [-0.15, -0.1) is 0 Å². The highest BCUT2D eigenvalue weighted by molar-refractivity contribution is 7.99. The summed E-state index contributed by atoms with van der Waals surface area (Å²) in [5, 5.41) is 0.718. The molecule has 1 aliphatic heterocycles. The Kier molecular flexibility index (Phi) is 5.47. The number of amides is 1. The third-order valence-corrected chi connectivity index (χ3v) is 6.03. The number of hydrogen-bond acceptors (Lipinski definition) is 4. The Hall–Kier alpha value is -2.08. The van der Waals surface area contributed by atoms with Crippen molar-refractivity contribution in [3.8, 4) is 0 Å². The highest BCUT2D eigenvalue weighted by Crippen LogP contribution is 2.30. The van der Waals surface area contributed by atoms with Gasteiger partial charge in [0.05, 0.1) is 11.6 Å². The first-order valence-corrected chi connectivity index (χ1v) is 10.3. The van der Waals surface area contributed by atoms with E-state index in [0.717, 1.165) is 22.1 Å². The zero-order chi connectivity index (χ0) is 19.8. The Morgan fingerprint density at radius 3 is 2.67 bits per heavy atom. The van der Waals surface area contributed by atoms with Gasteiger partial charge in [-0.25, -0.2) is 4.98 Å². The van der Waals surface area contributed by atoms with Gasteiger partial charge in [-0.05, 0) is 25.5 Å². The van der Waals surface area contributed by atoms with Gasteiger partial charge in [0, 0.05) is 36.0 Å². The lowest BCUT2D eigenvalue weighted by Crippen LogP contribution is -2.43. The molecule has 144 valence electrons. The number of benzene rings is 1. The number of rotatable bonds is 3. The zero-order valence-electron chi connectivity index (χ0n) is 16.7. The quantitative estimate of drug-likeness (QED) is 0.757. The molecule has 1 aromatic heterocycles. The van der Waals surface area contributed by atoms with E-state index >= 15 is 0 Å². The minimum atomic E-state index is -0.234. The van der Waals surface area contributed by atoms with E-state index in [4.69, 9.17) is 0 Å². The Labute approximate surface area is 164 Å². The number of fused-ring (bicyclic) bond motifs is 1. The van der Waals surface area contributed by atoms with Crippen LogP contribution in [-0.2, 0) is 16.8 Å². The number of nitrogens with zero attached hydrogens (tertiary/aromatic N) is 3. The molecule has 1 aromatic carbocycles. The molecular weight excluding hydrogens is 358 g/mol. The molecule has 2 aromatic rings. The number of para-hydroxylation sites is 1. The first kappa shape index (κ1) is 19.7. The molecular formula is C21H27N3O2S. The summed E-state index contributed by atoms with van der Waals surface area (Å²) in [4.78, 5) is 32.4. The van der Waals surface area contributed by atoms with E-state index < -0.39 is 0 Å². The molecule has 1 amide bonds. The van der Waals surface area contributed by atoms with Gasteiger partial charge < -0.3 is 4.90 Å².